The number of H-pyrrole nitrogens is 1. The second kappa shape index (κ2) is 9.07. The van der Waals surface area contributed by atoms with E-state index in [-0.39, 0.29) is 17.0 Å². The number of ketones is 1. The Morgan fingerprint density at radius 2 is 2.09 bits per heavy atom. The topological polar surface area (TPSA) is 118 Å². The molecule has 0 aliphatic carbocycles. The lowest BCUT2D eigenvalue weighted by molar-refractivity contribution is -0.139. The lowest BCUT2D eigenvalue weighted by Crippen LogP contribution is -2.31. The number of methoxy groups -OCH3 is 1. The van der Waals surface area contributed by atoms with Crippen LogP contribution >= 0.6 is 11.3 Å². The van der Waals surface area contributed by atoms with Gasteiger partial charge in [0.05, 0.1) is 25.1 Å². The number of thiophene rings is 1. The van der Waals surface area contributed by atoms with Gasteiger partial charge in [-0.25, -0.2) is 9.78 Å². The van der Waals surface area contributed by atoms with Crippen molar-refractivity contribution in [3.63, 3.8) is 0 Å². The molecule has 1 saturated heterocycles. The number of nitrogens with zero attached hydrogens (tertiary/aromatic N) is 3. The second-order valence-corrected chi connectivity index (χ2v) is 8.76. The lowest BCUT2D eigenvalue weighted by Gasteiger charge is -2.24. The highest BCUT2D eigenvalue weighted by atomic mass is 32.1. The molecule has 1 aliphatic heterocycles. The third-order valence-electron chi connectivity index (χ3n) is 5.79. The molecule has 0 radical (unpaired) electrons. The maximum Gasteiger partial charge on any atom is 0.354 e. The molecule has 1 amide bonds. The van der Waals surface area contributed by atoms with Crippen LogP contribution in [0.2, 0.25) is 0 Å². The number of aromatic nitrogens is 3. The fourth-order valence-corrected chi connectivity index (χ4v) is 5.09. The van der Waals surface area contributed by atoms with E-state index in [2.05, 4.69) is 9.97 Å². The molecule has 4 rings (SSSR count). The van der Waals surface area contributed by atoms with Gasteiger partial charge in [-0.05, 0) is 37.3 Å². The van der Waals surface area contributed by atoms with Crippen molar-refractivity contribution in [3.05, 3.63) is 69.2 Å². The molecule has 1 atom stereocenters. The molecular formula is C23H24N4O5S. The summed E-state index contributed by atoms with van der Waals surface area (Å²) in [6.45, 7) is 4.32. The van der Waals surface area contributed by atoms with Crippen LogP contribution in [0.3, 0.4) is 0 Å². The van der Waals surface area contributed by atoms with Crippen molar-refractivity contribution in [3.8, 4) is 0 Å². The molecule has 9 nitrogen and oxygen atoms in total. The number of aryl methyl sites for hydroxylation is 2. The Morgan fingerprint density at radius 1 is 1.30 bits per heavy atom. The summed E-state index contributed by atoms with van der Waals surface area (Å²) < 4.78 is 6.70. The van der Waals surface area contributed by atoms with Crippen LogP contribution in [0.25, 0.3) is 5.76 Å². The van der Waals surface area contributed by atoms with Gasteiger partial charge in [0.15, 0.2) is 0 Å². The molecule has 3 aromatic rings. The maximum absolute atomic E-state index is 13.1. The van der Waals surface area contributed by atoms with E-state index in [9.17, 15) is 19.5 Å². The SMILES string of the molecule is COC(=O)c1[nH]c(C)c(/C(O)=C2\C(=O)C(=O)N(CCCn3ccnc3)C2c2cccs2)c1C. The Balaban J connectivity index is 1.75. The average molecular weight is 469 g/mol. The molecule has 4 heterocycles. The van der Waals surface area contributed by atoms with E-state index in [1.54, 1.807) is 26.4 Å². The normalized spacial score (nSPS) is 17.7. The molecule has 10 heteroatoms. The summed E-state index contributed by atoms with van der Waals surface area (Å²) in [5.41, 5.74) is 1.49. The Bertz CT molecular complexity index is 1220. The standard InChI is InChI=1S/C23H24N4O5S/c1-13-16(14(2)25-18(13)23(31)32-3)20(28)17-19(15-6-4-11-33-15)27(22(30)21(17)29)9-5-8-26-10-7-24-12-26/h4,6-7,10-12,19,25,28H,5,8-9H2,1-3H3/b20-17+. The Hall–Kier alpha value is -3.66. The molecule has 33 heavy (non-hydrogen) atoms. The number of amides is 1. The van der Waals surface area contributed by atoms with E-state index >= 15 is 0 Å². The van der Waals surface area contributed by atoms with Crippen LogP contribution in [-0.2, 0) is 20.9 Å². The largest absolute Gasteiger partial charge is 0.507 e. The van der Waals surface area contributed by atoms with Crippen molar-refractivity contribution in [2.24, 2.45) is 0 Å². The van der Waals surface area contributed by atoms with Crippen LogP contribution < -0.4 is 0 Å². The molecule has 0 spiro atoms. The maximum atomic E-state index is 13.1. The van der Waals surface area contributed by atoms with Gasteiger partial charge in [-0.3, -0.25) is 9.59 Å². The highest BCUT2D eigenvalue weighted by Crippen LogP contribution is 2.42. The summed E-state index contributed by atoms with van der Waals surface area (Å²) in [6, 6.07) is 2.98. The van der Waals surface area contributed by atoms with E-state index < -0.39 is 23.7 Å². The fraction of sp³-hybridized carbons (Fsp3) is 0.304. The Morgan fingerprint density at radius 3 is 2.73 bits per heavy atom. The third kappa shape index (κ3) is 3.97. The van der Waals surface area contributed by atoms with E-state index in [1.807, 2.05) is 28.3 Å². The molecule has 0 saturated carbocycles. The number of carbonyl (C=O) groups is 3. The van der Waals surface area contributed by atoms with Crippen molar-refractivity contribution in [2.75, 3.05) is 13.7 Å². The molecule has 172 valence electrons. The quantitative estimate of drug-likeness (QED) is 0.238. The summed E-state index contributed by atoms with van der Waals surface area (Å²) in [6.07, 6.45) is 5.82. The van der Waals surface area contributed by atoms with Crippen molar-refractivity contribution in [1.29, 1.82) is 0 Å². The van der Waals surface area contributed by atoms with E-state index in [0.29, 0.717) is 36.3 Å². The number of ether oxygens (including phenoxy) is 1. The van der Waals surface area contributed by atoms with Gasteiger partial charge in [-0.1, -0.05) is 6.07 Å². The lowest BCUT2D eigenvalue weighted by atomic mass is 9.97. The molecule has 0 aromatic carbocycles. The van der Waals surface area contributed by atoms with Gasteiger partial charge in [0.25, 0.3) is 11.7 Å². The third-order valence-corrected chi connectivity index (χ3v) is 6.72. The van der Waals surface area contributed by atoms with Crippen LogP contribution in [0.1, 0.15) is 44.6 Å². The molecule has 0 bridgehead atoms. The van der Waals surface area contributed by atoms with E-state index in [0.717, 1.165) is 4.88 Å². The van der Waals surface area contributed by atoms with E-state index in [1.165, 1.54) is 23.3 Å². The minimum Gasteiger partial charge on any atom is -0.507 e. The first kappa shape index (κ1) is 22.5. The molecule has 1 aliphatic rings. The Labute approximate surface area is 194 Å². The van der Waals surface area contributed by atoms with Crippen molar-refractivity contribution >= 4 is 34.8 Å². The molecule has 1 fully saturated rings. The number of aromatic amines is 1. The van der Waals surface area contributed by atoms with Gasteiger partial charge in [-0.2, -0.15) is 0 Å². The first-order valence-electron chi connectivity index (χ1n) is 10.4. The number of likely N-dealkylation sites (tertiary alicyclic amines) is 1. The van der Waals surface area contributed by atoms with Gasteiger partial charge in [0.2, 0.25) is 0 Å². The number of carbonyl (C=O) groups excluding carboxylic acids is 3. The zero-order valence-electron chi connectivity index (χ0n) is 18.5. The first-order chi connectivity index (χ1) is 15.8. The smallest absolute Gasteiger partial charge is 0.354 e. The summed E-state index contributed by atoms with van der Waals surface area (Å²) in [4.78, 5) is 47.5. The molecule has 2 N–H and O–H groups in total. The highest BCUT2D eigenvalue weighted by molar-refractivity contribution is 7.10. The second-order valence-electron chi connectivity index (χ2n) is 7.78. The first-order valence-corrected chi connectivity index (χ1v) is 11.3. The molecular weight excluding hydrogens is 444 g/mol. The van der Waals surface area contributed by atoms with Gasteiger partial charge in [-0.15, -0.1) is 11.3 Å². The minimum absolute atomic E-state index is 0.0201. The number of rotatable bonds is 7. The predicted octanol–water partition coefficient (Wildman–Crippen LogP) is 3.19. The number of aliphatic hydroxyl groups is 1. The summed E-state index contributed by atoms with van der Waals surface area (Å²) >= 11 is 1.41. The molecule has 3 aromatic heterocycles. The summed E-state index contributed by atoms with van der Waals surface area (Å²) in [5.74, 6) is -2.28. The van der Waals surface area contributed by atoms with Gasteiger partial charge in [0.1, 0.15) is 11.5 Å². The number of imidazole rings is 1. The zero-order chi connectivity index (χ0) is 23.7. The number of nitrogens with one attached hydrogen (secondary N) is 1. The van der Waals surface area contributed by atoms with Gasteiger partial charge in [0, 0.05) is 41.6 Å². The van der Waals surface area contributed by atoms with Gasteiger partial charge < -0.3 is 24.3 Å². The highest BCUT2D eigenvalue weighted by Gasteiger charge is 2.46. The van der Waals surface area contributed by atoms with Crippen LogP contribution in [-0.4, -0.2) is 55.9 Å². The molecule has 1 unspecified atom stereocenters. The van der Waals surface area contributed by atoms with Crippen LogP contribution in [0.5, 0.6) is 0 Å². The number of esters is 1. The van der Waals surface area contributed by atoms with Crippen LogP contribution in [0.15, 0.2) is 41.8 Å². The number of hydrogen-bond acceptors (Lipinski definition) is 7. The monoisotopic (exact) mass is 468 g/mol. The fourth-order valence-electron chi connectivity index (χ4n) is 4.24. The van der Waals surface area contributed by atoms with Crippen LogP contribution in [0.4, 0.5) is 0 Å². The number of aliphatic hydroxyl groups excluding tert-OH is 1. The summed E-state index contributed by atoms with van der Waals surface area (Å²) in [7, 11) is 1.27. The Kier molecular flexibility index (Phi) is 6.19. The van der Waals surface area contributed by atoms with Crippen molar-refractivity contribution in [2.45, 2.75) is 32.9 Å². The van der Waals surface area contributed by atoms with Crippen molar-refractivity contribution in [1.82, 2.24) is 19.4 Å². The van der Waals surface area contributed by atoms with Gasteiger partial charge >= 0.3 is 5.97 Å². The van der Waals surface area contributed by atoms with Crippen molar-refractivity contribution < 1.29 is 24.2 Å². The zero-order valence-corrected chi connectivity index (χ0v) is 19.3. The predicted molar refractivity (Wildman–Crippen MR) is 122 cm³/mol. The van der Waals surface area contributed by atoms with E-state index in [4.69, 9.17) is 4.74 Å². The number of hydrogen-bond donors (Lipinski definition) is 2. The average Bonchev–Trinajstić information content (AvgIpc) is 3.58. The minimum atomic E-state index is -0.742. The summed E-state index contributed by atoms with van der Waals surface area (Å²) in [5, 5.41) is 13.2. The van der Waals surface area contributed by atoms with Crippen LogP contribution in [0, 0.1) is 13.8 Å². The number of Topliss-reactive ketones (excluding diaryl/α,β-unsaturated/α-hetero) is 1.